The third-order valence-electron chi connectivity index (χ3n) is 3.58. The van der Waals surface area contributed by atoms with Crippen LogP contribution in [-0.4, -0.2) is 74.8 Å². The van der Waals surface area contributed by atoms with Crippen LogP contribution in [0.15, 0.2) is 39.2 Å². The van der Waals surface area contributed by atoms with Gasteiger partial charge >= 0.3 is 0 Å². The molecule has 142 valence electrons. The average Bonchev–Trinajstić information content (AvgIpc) is 3.14. The van der Waals surface area contributed by atoms with Gasteiger partial charge in [0.1, 0.15) is 24.4 Å². The third kappa shape index (κ3) is 5.30. The van der Waals surface area contributed by atoms with Crippen LogP contribution in [0.3, 0.4) is 0 Å². The number of thiazole rings is 1. The van der Waals surface area contributed by atoms with Gasteiger partial charge in [0, 0.05) is 22.5 Å². The summed E-state index contributed by atoms with van der Waals surface area (Å²) < 4.78 is 0.972. The molecule has 0 saturated heterocycles. The van der Waals surface area contributed by atoms with E-state index in [2.05, 4.69) is 26.0 Å². The summed E-state index contributed by atoms with van der Waals surface area (Å²) in [6, 6.07) is 7.69. The van der Waals surface area contributed by atoms with Gasteiger partial charge in [-0.15, -0.1) is 11.3 Å². The Kier molecular flexibility index (Phi) is 7.65. The van der Waals surface area contributed by atoms with E-state index < -0.39 is 31.0 Å². The molecule has 0 aliphatic heterocycles. The zero-order valence-corrected chi connectivity index (χ0v) is 16.2. The van der Waals surface area contributed by atoms with Gasteiger partial charge in [0.05, 0.1) is 18.5 Å². The Hall–Kier alpha value is -1.40. The Morgan fingerprint density at radius 3 is 2.46 bits per heavy atom. The fourth-order valence-electron chi connectivity index (χ4n) is 2.01. The van der Waals surface area contributed by atoms with Crippen molar-refractivity contribution in [2.45, 2.75) is 24.4 Å². The van der Waals surface area contributed by atoms with E-state index in [0.29, 0.717) is 5.13 Å². The molecule has 0 bridgehead atoms. The van der Waals surface area contributed by atoms with Crippen LogP contribution < -0.4 is 5.01 Å². The lowest BCUT2D eigenvalue weighted by atomic mass is 10.0. The molecule has 26 heavy (non-hydrogen) atoms. The maximum Gasteiger partial charge on any atom is 0.206 e. The second kappa shape index (κ2) is 9.51. The van der Waals surface area contributed by atoms with Gasteiger partial charge in [-0.25, -0.2) is 9.99 Å². The Morgan fingerprint density at radius 2 is 1.85 bits per heavy atom. The Morgan fingerprint density at radius 1 is 1.19 bits per heavy atom. The van der Waals surface area contributed by atoms with Crippen molar-refractivity contribution in [3.8, 4) is 11.3 Å². The standard InChI is InChI=1S/C16H20BrN3O5S/c1-20(18-6-12(22)14(24)15(25)13(23)7-21)16-19-11(8-26-16)9-2-4-10(17)5-3-9/h2-6,8,12-15,21-25H,7H2,1H3/b18-6-/t12-,13+,14+,15-/m0/s1. The fraction of sp³-hybridized carbons (Fsp3) is 0.375. The molecule has 4 atom stereocenters. The molecular weight excluding hydrogens is 426 g/mol. The minimum Gasteiger partial charge on any atom is -0.394 e. The molecule has 0 saturated carbocycles. The van der Waals surface area contributed by atoms with E-state index in [9.17, 15) is 20.4 Å². The SMILES string of the molecule is CN(/N=C\[C@H](O)[C@@H](O)[C@@H](O)[C@H](O)CO)c1nc(-c2ccc(Br)cc2)cs1. The van der Waals surface area contributed by atoms with Gasteiger partial charge in [0.15, 0.2) is 0 Å². The molecule has 0 aliphatic rings. The molecule has 0 spiro atoms. The van der Waals surface area contributed by atoms with Gasteiger partial charge in [0.2, 0.25) is 5.13 Å². The second-order valence-electron chi connectivity index (χ2n) is 5.53. The predicted molar refractivity (Wildman–Crippen MR) is 103 cm³/mol. The lowest BCUT2D eigenvalue weighted by molar-refractivity contribution is -0.0999. The number of hydrazone groups is 1. The molecule has 1 heterocycles. The van der Waals surface area contributed by atoms with E-state index >= 15 is 0 Å². The maximum absolute atomic E-state index is 9.84. The van der Waals surface area contributed by atoms with Crippen LogP contribution in [0.2, 0.25) is 0 Å². The second-order valence-corrected chi connectivity index (χ2v) is 7.28. The van der Waals surface area contributed by atoms with Gasteiger partial charge in [0.25, 0.3) is 0 Å². The molecule has 0 unspecified atom stereocenters. The molecule has 0 aliphatic carbocycles. The summed E-state index contributed by atoms with van der Waals surface area (Å²) in [5.41, 5.74) is 1.73. The molecule has 10 heteroatoms. The predicted octanol–water partition coefficient (Wildman–Crippen LogP) is 0.431. The van der Waals surface area contributed by atoms with Crippen LogP contribution in [0.5, 0.6) is 0 Å². The van der Waals surface area contributed by atoms with Crippen molar-refractivity contribution >= 4 is 38.6 Å². The van der Waals surface area contributed by atoms with E-state index in [0.717, 1.165) is 21.9 Å². The summed E-state index contributed by atoms with van der Waals surface area (Å²) >= 11 is 4.73. The van der Waals surface area contributed by atoms with E-state index in [4.69, 9.17) is 5.11 Å². The fourth-order valence-corrected chi connectivity index (χ4v) is 3.03. The number of halogens is 1. The maximum atomic E-state index is 9.84. The van der Waals surface area contributed by atoms with Crippen molar-refractivity contribution in [3.63, 3.8) is 0 Å². The highest BCUT2D eigenvalue weighted by Crippen LogP contribution is 2.27. The first-order valence-electron chi connectivity index (χ1n) is 7.66. The van der Waals surface area contributed by atoms with E-state index in [1.807, 2.05) is 29.6 Å². The Bertz CT molecular complexity index is 727. The molecule has 8 nitrogen and oxygen atoms in total. The lowest BCUT2D eigenvalue weighted by Gasteiger charge is -2.23. The topological polar surface area (TPSA) is 130 Å². The lowest BCUT2D eigenvalue weighted by Crippen LogP contribution is -2.46. The van der Waals surface area contributed by atoms with Crippen molar-refractivity contribution in [2.75, 3.05) is 18.7 Å². The van der Waals surface area contributed by atoms with Crippen molar-refractivity contribution in [1.29, 1.82) is 0 Å². The minimum atomic E-state index is -1.70. The molecule has 2 rings (SSSR count). The van der Waals surface area contributed by atoms with Gasteiger partial charge in [-0.1, -0.05) is 28.1 Å². The first kappa shape index (κ1) is 20.9. The number of aromatic nitrogens is 1. The molecule has 1 aromatic carbocycles. The van der Waals surface area contributed by atoms with Gasteiger partial charge in [-0.3, -0.25) is 0 Å². The Labute approximate surface area is 162 Å². The van der Waals surface area contributed by atoms with Crippen LogP contribution >= 0.6 is 27.3 Å². The summed E-state index contributed by atoms with van der Waals surface area (Å²) in [5, 5.41) is 55.1. The van der Waals surface area contributed by atoms with Crippen LogP contribution in [0, 0.1) is 0 Å². The van der Waals surface area contributed by atoms with Crippen LogP contribution in [0.1, 0.15) is 0 Å². The van der Waals surface area contributed by atoms with Crippen LogP contribution in [-0.2, 0) is 0 Å². The zero-order chi connectivity index (χ0) is 19.3. The largest absolute Gasteiger partial charge is 0.394 e. The molecular formula is C16H20BrN3O5S. The van der Waals surface area contributed by atoms with Gasteiger partial charge in [-0.05, 0) is 12.1 Å². The van der Waals surface area contributed by atoms with Gasteiger partial charge in [-0.2, -0.15) is 5.10 Å². The molecule has 5 N–H and O–H groups in total. The van der Waals surface area contributed by atoms with Crippen molar-refractivity contribution in [2.24, 2.45) is 5.10 Å². The first-order chi connectivity index (χ1) is 12.3. The molecule has 1 aromatic heterocycles. The number of aliphatic hydroxyl groups is 5. The number of hydrogen-bond acceptors (Lipinski definition) is 9. The van der Waals surface area contributed by atoms with Crippen molar-refractivity contribution in [3.05, 3.63) is 34.1 Å². The molecule has 0 amide bonds. The van der Waals surface area contributed by atoms with Crippen LogP contribution in [0.25, 0.3) is 11.3 Å². The summed E-state index contributed by atoms with van der Waals surface area (Å²) in [6.07, 6.45) is -5.45. The number of benzene rings is 1. The minimum absolute atomic E-state index is 0.566. The van der Waals surface area contributed by atoms with Crippen molar-refractivity contribution < 1.29 is 25.5 Å². The highest BCUT2D eigenvalue weighted by molar-refractivity contribution is 9.10. The zero-order valence-electron chi connectivity index (χ0n) is 13.8. The molecule has 0 fully saturated rings. The quantitative estimate of drug-likeness (QED) is 0.294. The summed E-state index contributed by atoms with van der Waals surface area (Å²) in [7, 11) is 1.62. The number of hydrogen-bond donors (Lipinski definition) is 5. The Balaban J connectivity index is 2.02. The smallest absolute Gasteiger partial charge is 0.206 e. The van der Waals surface area contributed by atoms with E-state index in [1.165, 1.54) is 16.3 Å². The molecule has 2 aromatic rings. The van der Waals surface area contributed by atoms with E-state index in [-0.39, 0.29) is 0 Å². The monoisotopic (exact) mass is 445 g/mol. The summed E-state index contributed by atoms with van der Waals surface area (Å²) in [6.45, 7) is -0.736. The third-order valence-corrected chi connectivity index (χ3v) is 5.02. The highest BCUT2D eigenvalue weighted by atomic mass is 79.9. The number of nitrogens with zero attached hydrogens (tertiary/aromatic N) is 3. The van der Waals surface area contributed by atoms with Gasteiger partial charge < -0.3 is 25.5 Å². The molecule has 0 radical (unpaired) electrons. The summed E-state index contributed by atoms with van der Waals surface area (Å²) in [5.74, 6) is 0. The van der Waals surface area contributed by atoms with E-state index in [1.54, 1.807) is 7.05 Å². The van der Waals surface area contributed by atoms with Crippen molar-refractivity contribution in [1.82, 2.24) is 4.98 Å². The number of anilines is 1. The van der Waals surface area contributed by atoms with Crippen LogP contribution in [0.4, 0.5) is 5.13 Å². The average molecular weight is 446 g/mol. The first-order valence-corrected chi connectivity index (χ1v) is 9.33. The summed E-state index contributed by atoms with van der Waals surface area (Å²) in [4.78, 5) is 4.46. The number of aliphatic hydroxyl groups excluding tert-OH is 5. The highest BCUT2D eigenvalue weighted by Gasteiger charge is 2.29. The number of rotatable bonds is 8. The normalized spacial score (nSPS) is 16.4.